The van der Waals surface area contributed by atoms with E-state index in [-0.39, 0.29) is 12.5 Å². The van der Waals surface area contributed by atoms with Crippen LogP contribution in [0.4, 0.5) is 4.79 Å². The standard InChI is InChI=1S/C21H21NO5/c1-3-11-26-16-9-10-18-17(12-16)19(15-7-5-14(13-23)6-8-15)20(22-18)27-21(24)25-4-2/h5-10,12-13,22H,3-4,11H2,1-2H3. The summed E-state index contributed by atoms with van der Waals surface area (Å²) in [7, 11) is 0. The van der Waals surface area contributed by atoms with Gasteiger partial charge in [0.1, 0.15) is 12.0 Å². The van der Waals surface area contributed by atoms with E-state index in [2.05, 4.69) is 4.98 Å². The fraction of sp³-hybridized carbons (Fsp3) is 0.238. The predicted octanol–water partition coefficient (Wildman–Crippen LogP) is 4.97. The normalized spacial score (nSPS) is 10.6. The molecule has 3 aromatic rings. The Bertz CT molecular complexity index is 943. The number of hydrogen-bond acceptors (Lipinski definition) is 5. The lowest BCUT2D eigenvalue weighted by molar-refractivity contribution is 0.103. The molecule has 1 N–H and O–H groups in total. The van der Waals surface area contributed by atoms with Gasteiger partial charge in [0.05, 0.1) is 18.8 Å². The van der Waals surface area contributed by atoms with E-state index in [1.54, 1.807) is 19.1 Å². The molecular formula is C21H21NO5. The topological polar surface area (TPSA) is 77.6 Å². The second kappa shape index (κ2) is 8.40. The van der Waals surface area contributed by atoms with Gasteiger partial charge < -0.3 is 19.2 Å². The first-order chi connectivity index (χ1) is 13.2. The molecule has 0 unspecified atom stereocenters. The predicted molar refractivity (Wildman–Crippen MR) is 103 cm³/mol. The fourth-order valence-corrected chi connectivity index (χ4v) is 2.78. The van der Waals surface area contributed by atoms with Crippen molar-refractivity contribution in [1.82, 2.24) is 4.98 Å². The number of aldehydes is 1. The highest BCUT2D eigenvalue weighted by molar-refractivity contribution is 6.00. The molecule has 0 aliphatic heterocycles. The van der Waals surface area contributed by atoms with Crippen molar-refractivity contribution in [2.45, 2.75) is 20.3 Å². The maximum Gasteiger partial charge on any atom is 0.515 e. The highest BCUT2D eigenvalue weighted by atomic mass is 16.7. The Morgan fingerprint density at radius 3 is 2.56 bits per heavy atom. The van der Waals surface area contributed by atoms with Crippen molar-refractivity contribution in [2.24, 2.45) is 0 Å². The van der Waals surface area contributed by atoms with E-state index in [9.17, 15) is 9.59 Å². The molecule has 0 bridgehead atoms. The highest BCUT2D eigenvalue weighted by Crippen LogP contribution is 2.39. The Hall–Kier alpha value is -3.28. The number of ether oxygens (including phenoxy) is 3. The molecule has 0 saturated carbocycles. The second-order valence-electron chi connectivity index (χ2n) is 5.91. The van der Waals surface area contributed by atoms with E-state index in [1.807, 2.05) is 37.3 Å². The molecule has 2 aromatic carbocycles. The summed E-state index contributed by atoms with van der Waals surface area (Å²) in [6, 6.07) is 12.7. The van der Waals surface area contributed by atoms with E-state index in [1.165, 1.54) is 0 Å². The Balaban J connectivity index is 2.10. The van der Waals surface area contributed by atoms with Gasteiger partial charge in [-0.15, -0.1) is 0 Å². The minimum Gasteiger partial charge on any atom is -0.494 e. The van der Waals surface area contributed by atoms with Crippen LogP contribution in [-0.2, 0) is 4.74 Å². The molecule has 0 fully saturated rings. The molecule has 0 aliphatic rings. The van der Waals surface area contributed by atoms with Crippen molar-refractivity contribution in [3.8, 4) is 22.8 Å². The zero-order valence-electron chi connectivity index (χ0n) is 15.3. The smallest absolute Gasteiger partial charge is 0.494 e. The van der Waals surface area contributed by atoms with Crippen molar-refractivity contribution in [2.75, 3.05) is 13.2 Å². The number of carbonyl (C=O) groups is 2. The van der Waals surface area contributed by atoms with Crippen LogP contribution in [0.25, 0.3) is 22.0 Å². The van der Waals surface area contributed by atoms with Crippen LogP contribution >= 0.6 is 0 Å². The Morgan fingerprint density at radius 2 is 1.89 bits per heavy atom. The maximum absolute atomic E-state index is 11.8. The van der Waals surface area contributed by atoms with Gasteiger partial charge in [0.2, 0.25) is 5.88 Å². The lowest BCUT2D eigenvalue weighted by atomic mass is 10.0. The number of benzene rings is 2. The van der Waals surface area contributed by atoms with Crippen molar-refractivity contribution < 1.29 is 23.8 Å². The molecule has 6 nitrogen and oxygen atoms in total. The Kier molecular flexibility index (Phi) is 5.76. The minimum absolute atomic E-state index is 0.220. The van der Waals surface area contributed by atoms with Crippen LogP contribution < -0.4 is 9.47 Å². The molecule has 0 radical (unpaired) electrons. The van der Waals surface area contributed by atoms with Crippen LogP contribution in [0, 0.1) is 0 Å². The summed E-state index contributed by atoms with van der Waals surface area (Å²) in [5.41, 5.74) is 2.88. The number of H-pyrrole nitrogens is 1. The number of aromatic amines is 1. The summed E-state index contributed by atoms with van der Waals surface area (Å²) in [5.74, 6) is 1.02. The summed E-state index contributed by atoms with van der Waals surface area (Å²) in [5, 5.41) is 0.849. The molecule has 6 heteroatoms. The van der Waals surface area contributed by atoms with E-state index in [0.29, 0.717) is 17.7 Å². The van der Waals surface area contributed by atoms with E-state index in [4.69, 9.17) is 14.2 Å². The number of rotatable bonds is 7. The molecule has 27 heavy (non-hydrogen) atoms. The third kappa shape index (κ3) is 4.11. The Morgan fingerprint density at radius 1 is 1.11 bits per heavy atom. The van der Waals surface area contributed by atoms with Crippen molar-refractivity contribution >= 4 is 23.3 Å². The average Bonchev–Trinajstić information content (AvgIpc) is 3.03. The molecule has 3 rings (SSSR count). The number of hydrogen-bond donors (Lipinski definition) is 1. The first-order valence-electron chi connectivity index (χ1n) is 8.85. The molecule has 140 valence electrons. The Labute approximate surface area is 157 Å². The minimum atomic E-state index is -0.780. The summed E-state index contributed by atoms with van der Waals surface area (Å²) < 4.78 is 16.0. The zero-order chi connectivity index (χ0) is 19.2. The van der Waals surface area contributed by atoms with Gasteiger partial charge in [-0.05, 0) is 37.1 Å². The molecule has 0 atom stereocenters. The SMILES string of the molecule is CCCOc1ccc2[nH]c(OC(=O)OCC)c(-c3ccc(C=O)cc3)c2c1. The van der Waals surface area contributed by atoms with Crippen LogP contribution in [0.1, 0.15) is 30.6 Å². The van der Waals surface area contributed by atoms with Gasteiger partial charge in [0.25, 0.3) is 0 Å². The third-order valence-electron chi connectivity index (χ3n) is 3.99. The fourth-order valence-electron chi connectivity index (χ4n) is 2.78. The van der Waals surface area contributed by atoms with E-state index in [0.717, 1.165) is 34.9 Å². The first kappa shape index (κ1) is 18.5. The van der Waals surface area contributed by atoms with Gasteiger partial charge in [0.15, 0.2) is 0 Å². The van der Waals surface area contributed by atoms with E-state index >= 15 is 0 Å². The molecule has 1 aromatic heterocycles. The summed E-state index contributed by atoms with van der Waals surface area (Å²) >= 11 is 0. The zero-order valence-corrected chi connectivity index (χ0v) is 15.3. The monoisotopic (exact) mass is 367 g/mol. The summed E-state index contributed by atoms with van der Waals surface area (Å²) in [6.07, 6.45) is 0.908. The van der Waals surface area contributed by atoms with Gasteiger partial charge in [-0.2, -0.15) is 0 Å². The number of nitrogens with one attached hydrogen (secondary N) is 1. The summed E-state index contributed by atoms with van der Waals surface area (Å²) in [4.78, 5) is 25.9. The van der Waals surface area contributed by atoms with Crippen molar-refractivity contribution in [3.05, 3.63) is 48.0 Å². The van der Waals surface area contributed by atoms with Gasteiger partial charge >= 0.3 is 6.16 Å². The van der Waals surface area contributed by atoms with Crippen LogP contribution in [0.3, 0.4) is 0 Å². The van der Waals surface area contributed by atoms with Gasteiger partial charge in [-0.1, -0.05) is 31.2 Å². The molecule has 0 amide bonds. The maximum atomic E-state index is 11.8. The first-order valence-corrected chi connectivity index (χ1v) is 8.85. The number of aromatic nitrogens is 1. The van der Waals surface area contributed by atoms with Gasteiger partial charge in [-0.3, -0.25) is 4.79 Å². The van der Waals surface area contributed by atoms with Crippen LogP contribution in [0.2, 0.25) is 0 Å². The van der Waals surface area contributed by atoms with E-state index < -0.39 is 6.16 Å². The van der Waals surface area contributed by atoms with Gasteiger partial charge in [-0.25, -0.2) is 4.79 Å². The number of carbonyl (C=O) groups excluding carboxylic acids is 2. The molecule has 0 aliphatic carbocycles. The van der Waals surface area contributed by atoms with Crippen LogP contribution in [0.5, 0.6) is 11.6 Å². The van der Waals surface area contributed by atoms with Crippen LogP contribution in [0.15, 0.2) is 42.5 Å². The number of fused-ring (bicyclic) bond motifs is 1. The largest absolute Gasteiger partial charge is 0.515 e. The molecule has 0 saturated heterocycles. The lowest BCUT2D eigenvalue weighted by Crippen LogP contribution is -2.10. The highest BCUT2D eigenvalue weighted by Gasteiger charge is 2.19. The molecular weight excluding hydrogens is 346 g/mol. The lowest BCUT2D eigenvalue weighted by Gasteiger charge is -2.07. The van der Waals surface area contributed by atoms with Crippen molar-refractivity contribution in [3.63, 3.8) is 0 Å². The van der Waals surface area contributed by atoms with Crippen LogP contribution in [-0.4, -0.2) is 30.6 Å². The second-order valence-corrected chi connectivity index (χ2v) is 5.91. The average molecular weight is 367 g/mol. The van der Waals surface area contributed by atoms with Crippen molar-refractivity contribution in [1.29, 1.82) is 0 Å². The summed E-state index contributed by atoms with van der Waals surface area (Å²) in [6.45, 7) is 4.59. The molecule has 1 heterocycles. The third-order valence-corrected chi connectivity index (χ3v) is 3.99. The quantitative estimate of drug-likeness (QED) is 0.471. The van der Waals surface area contributed by atoms with Gasteiger partial charge in [0, 0.05) is 16.5 Å². The molecule has 0 spiro atoms.